The van der Waals surface area contributed by atoms with Gasteiger partial charge >= 0.3 is 0 Å². The fourth-order valence-corrected chi connectivity index (χ4v) is 3.69. The summed E-state index contributed by atoms with van der Waals surface area (Å²) < 4.78 is 26.4. The zero-order valence-electron chi connectivity index (χ0n) is 13.1. The number of nitrogens with zero attached hydrogens (tertiary/aromatic N) is 1. The molecule has 10 heteroatoms. The molecule has 9 nitrogen and oxygen atoms in total. The molecule has 1 N–H and O–H groups in total. The van der Waals surface area contributed by atoms with E-state index in [4.69, 9.17) is 0 Å². The molecule has 1 atom stereocenters. The standard InChI is InChI=1S/C15H18N2O7S/c18-13-2-1-9-17(13)10-3-5-11(6-4-10)25(23,24)16-12(15(21)22)7-8-14(19)20/h3-6,12,16H,1-2,7-9H2,(H,19,20)(H,21,22)/p-2/t12-/m0/s1. The maximum absolute atomic E-state index is 12.2. The molecule has 0 spiro atoms. The number of nitrogens with one attached hydrogen (secondary N) is 1. The fourth-order valence-electron chi connectivity index (χ4n) is 2.47. The second-order valence-corrected chi connectivity index (χ2v) is 7.26. The van der Waals surface area contributed by atoms with E-state index in [-0.39, 0.29) is 10.8 Å². The highest BCUT2D eigenvalue weighted by molar-refractivity contribution is 7.89. The van der Waals surface area contributed by atoms with Crippen LogP contribution in [0.3, 0.4) is 0 Å². The van der Waals surface area contributed by atoms with E-state index in [1.54, 1.807) is 0 Å². The molecule has 1 saturated heterocycles. The van der Waals surface area contributed by atoms with E-state index in [2.05, 4.69) is 0 Å². The maximum atomic E-state index is 12.2. The van der Waals surface area contributed by atoms with Crippen molar-refractivity contribution in [2.75, 3.05) is 11.4 Å². The van der Waals surface area contributed by atoms with Crippen LogP contribution in [0.1, 0.15) is 25.7 Å². The van der Waals surface area contributed by atoms with E-state index >= 15 is 0 Å². The zero-order valence-corrected chi connectivity index (χ0v) is 14.0. The van der Waals surface area contributed by atoms with Gasteiger partial charge in [-0.15, -0.1) is 0 Å². The smallest absolute Gasteiger partial charge is 0.241 e. The monoisotopic (exact) mass is 368 g/mol. The molecule has 1 heterocycles. The topological polar surface area (TPSA) is 147 Å². The number of carboxylic acids is 2. The molecule has 0 saturated carbocycles. The summed E-state index contributed by atoms with van der Waals surface area (Å²) in [6.07, 6.45) is 0.0426. The van der Waals surface area contributed by atoms with Crippen LogP contribution in [0.4, 0.5) is 5.69 Å². The first-order valence-corrected chi connectivity index (χ1v) is 9.02. The van der Waals surface area contributed by atoms with Crippen molar-refractivity contribution in [1.82, 2.24) is 4.72 Å². The van der Waals surface area contributed by atoms with Crippen molar-refractivity contribution in [1.29, 1.82) is 0 Å². The van der Waals surface area contributed by atoms with E-state index < -0.39 is 40.8 Å². The second kappa shape index (κ2) is 7.62. The van der Waals surface area contributed by atoms with Crippen LogP contribution in [0, 0.1) is 0 Å². The minimum absolute atomic E-state index is 0.0481. The van der Waals surface area contributed by atoms with Gasteiger partial charge in [-0.1, -0.05) is 0 Å². The molecule has 0 radical (unpaired) electrons. The van der Waals surface area contributed by atoms with Crippen LogP contribution < -0.4 is 19.8 Å². The summed E-state index contributed by atoms with van der Waals surface area (Å²) in [6.45, 7) is 0.555. The minimum atomic E-state index is -4.19. The van der Waals surface area contributed by atoms with Crippen molar-refractivity contribution in [2.45, 2.75) is 36.6 Å². The number of amides is 1. The quantitative estimate of drug-likeness (QED) is 0.545. The van der Waals surface area contributed by atoms with Crippen molar-refractivity contribution < 1.29 is 33.0 Å². The molecule has 1 fully saturated rings. The van der Waals surface area contributed by atoms with Crippen LogP contribution in [0.15, 0.2) is 29.2 Å². The highest BCUT2D eigenvalue weighted by Gasteiger charge is 2.24. The Bertz CT molecular complexity index is 774. The SMILES string of the molecule is O=C([O-])CC[C@H](NS(=O)(=O)c1ccc(N2CCCC2=O)cc1)C(=O)[O-]. The summed E-state index contributed by atoms with van der Waals surface area (Å²) >= 11 is 0. The van der Waals surface area contributed by atoms with Crippen LogP contribution in [-0.4, -0.2) is 38.9 Å². The number of hydrogen-bond acceptors (Lipinski definition) is 7. The van der Waals surface area contributed by atoms with Gasteiger partial charge in [-0.05, 0) is 43.5 Å². The molecule has 1 aliphatic rings. The summed E-state index contributed by atoms with van der Waals surface area (Å²) in [5.41, 5.74) is 0.551. The van der Waals surface area contributed by atoms with Gasteiger partial charge in [0.25, 0.3) is 0 Å². The Morgan fingerprint density at radius 2 is 1.84 bits per heavy atom. The largest absolute Gasteiger partial charge is 0.550 e. The lowest BCUT2D eigenvalue weighted by Crippen LogP contribution is -2.48. The number of carbonyl (C=O) groups excluding carboxylic acids is 3. The van der Waals surface area contributed by atoms with Crippen LogP contribution in [-0.2, 0) is 24.4 Å². The Balaban J connectivity index is 2.13. The first kappa shape index (κ1) is 18.9. The molecule has 0 unspecified atom stereocenters. The highest BCUT2D eigenvalue weighted by Crippen LogP contribution is 2.23. The third-order valence-electron chi connectivity index (χ3n) is 3.75. The predicted octanol–water partition coefficient (Wildman–Crippen LogP) is -2.26. The Morgan fingerprint density at radius 1 is 1.20 bits per heavy atom. The van der Waals surface area contributed by atoms with E-state index in [0.29, 0.717) is 18.7 Å². The summed E-state index contributed by atoms with van der Waals surface area (Å²) in [6, 6.07) is 3.70. The van der Waals surface area contributed by atoms with Crippen molar-refractivity contribution in [3.8, 4) is 0 Å². The molecular weight excluding hydrogens is 352 g/mol. The van der Waals surface area contributed by atoms with Crippen LogP contribution in [0.2, 0.25) is 0 Å². The van der Waals surface area contributed by atoms with Gasteiger partial charge in [-0.25, -0.2) is 13.1 Å². The molecule has 1 aromatic carbocycles. The van der Waals surface area contributed by atoms with E-state index in [1.807, 2.05) is 4.72 Å². The Morgan fingerprint density at radius 3 is 2.32 bits per heavy atom. The summed E-state index contributed by atoms with van der Waals surface area (Å²) in [7, 11) is -4.19. The molecule has 0 aromatic heterocycles. The molecule has 2 rings (SSSR count). The number of anilines is 1. The van der Waals surface area contributed by atoms with Crippen LogP contribution in [0.5, 0.6) is 0 Å². The number of rotatable bonds is 8. The van der Waals surface area contributed by atoms with Gasteiger partial charge in [0.15, 0.2) is 0 Å². The fraction of sp³-hybridized carbons (Fsp3) is 0.400. The first-order valence-electron chi connectivity index (χ1n) is 7.54. The lowest BCUT2D eigenvalue weighted by Gasteiger charge is -2.20. The molecule has 25 heavy (non-hydrogen) atoms. The number of sulfonamides is 1. The minimum Gasteiger partial charge on any atom is -0.550 e. The van der Waals surface area contributed by atoms with Crippen molar-refractivity contribution >= 4 is 33.6 Å². The summed E-state index contributed by atoms with van der Waals surface area (Å²) in [5, 5.41) is 21.4. The van der Waals surface area contributed by atoms with E-state index in [1.165, 1.54) is 29.2 Å². The zero-order chi connectivity index (χ0) is 18.6. The molecule has 1 aliphatic heterocycles. The number of carbonyl (C=O) groups is 3. The van der Waals surface area contributed by atoms with Gasteiger partial charge in [-0.2, -0.15) is 0 Å². The Labute approximate surface area is 144 Å². The van der Waals surface area contributed by atoms with Crippen LogP contribution >= 0.6 is 0 Å². The average molecular weight is 368 g/mol. The highest BCUT2D eigenvalue weighted by atomic mass is 32.2. The van der Waals surface area contributed by atoms with Crippen LogP contribution in [0.25, 0.3) is 0 Å². The van der Waals surface area contributed by atoms with Crippen molar-refractivity contribution in [3.63, 3.8) is 0 Å². The summed E-state index contributed by atoms with van der Waals surface area (Å²) in [5.74, 6) is -3.28. The molecule has 1 amide bonds. The average Bonchev–Trinajstić information content (AvgIpc) is 2.97. The van der Waals surface area contributed by atoms with E-state index in [9.17, 15) is 33.0 Å². The number of benzene rings is 1. The van der Waals surface area contributed by atoms with Crippen molar-refractivity contribution in [3.05, 3.63) is 24.3 Å². The molecule has 1 aromatic rings. The van der Waals surface area contributed by atoms with Crippen molar-refractivity contribution in [2.24, 2.45) is 0 Å². The Kier molecular flexibility index (Phi) is 5.75. The normalized spacial score (nSPS) is 16.0. The molecule has 136 valence electrons. The third-order valence-corrected chi connectivity index (χ3v) is 5.24. The van der Waals surface area contributed by atoms with Gasteiger partial charge in [0, 0.05) is 24.6 Å². The maximum Gasteiger partial charge on any atom is 0.241 e. The Hall–Kier alpha value is -2.46. The first-order chi connectivity index (χ1) is 11.7. The molecular formula is C15H16N2O7S-2. The van der Waals surface area contributed by atoms with Gasteiger partial charge in [0.05, 0.1) is 16.9 Å². The second-order valence-electron chi connectivity index (χ2n) is 5.55. The molecule has 0 aliphatic carbocycles. The third kappa shape index (κ3) is 4.77. The van der Waals surface area contributed by atoms with Gasteiger partial charge in [0.1, 0.15) is 0 Å². The van der Waals surface area contributed by atoms with Gasteiger partial charge < -0.3 is 24.7 Å². The number of hydrogen-bond donors (Lipinski definition) is 1. The summed E-state index contributed by atoms with van der Waals surface area (Å²) in [4.78, 5) is 34.4. The van der Waals surface area contributed by atoms with Gasteiger partial charge in [-0.3, -0.25) is 4.79 Å². The molecule has 0 bridgehead atoms. The van der Waals surface area contributed by atoms with E-state index in [0.717, 1.165) is 6.42 Å². The lowest BCUT2D eigenvalue weighted by atomic mass is 10.2. The van der Waals surface area contributed by atoms with Gasteiger partial charge in [0.2, 0.25) is 15.9 Å². The number of aliphatic carboxylic acids is 2. The lowest BCUT2D eigenvalue weighted by molar-refractivity contribution is -0.309. The number of carboxylic acid groups (broad SMARTS) is 2. The predicted molar refractivity (Wildman–Crippen MR) is 81.4 cm³/mol.